The highest BCUT2D eigenvalue weighted by molar-refractivity contribution is 7.09. The van der Waals surface area contributed by atoms with Crippen molar-refractivity contribution in [3.05, 3.63) is 28.6 Å². The Morgan fingerprint density at radius 1 is 1.39 bits per heavy atom. The summed E-state index contributed by atoms with van der Waals surface area (Å²) in [6.07, 6.45) is 1.73. The smallest absolute Gasteiger partial charge is 0.226 e. The lowest BCUT2D eigenvalue weighted by Crippen LogP contribution is -2.04. The number of hydrogen-bond donors (Lipinski definition) is 3. The second kappa shape index (κ2) is 4.61. The van der Waals surface area contributed by atoms with Gasteiger partial charge in [-0.3, -0.25) is 5.10 Å². The average molecular weight is 260 g/mol. The Morgan fingerprint density at radius 3 is 3.11 bits per heavy atom. The minimum Gasteiger partial charge on any atom is -0.364 e. The second-order valence-corrected chi connectivity index (χ2v) is 4.74. The highest BCUT2D eigenvalue weighted by atomic mass is 32.1. The van der Waals surface area contributed by atoms with E-state index in [2.05, 4.69) is 42.2 Å². The molecule has 0 unspecified atom stereocenters. The summed E-state index contributed by atoms with van der Waals surface area (Å²) < 4.78 is 0. The predicted molar refractivity (Wildman–Crippen MR) is 72.9 cm³/mol. The van der Waals surface area contributed by atoms with Gasteiger partial charge in [0.15, 0.2) is 5.65 Å². The van der Waals surface area contributed by atoms with Crippen molar-refractivity contribution in [1.29, 1.82) is 0 Å². The SMILES string of the molecule is CNc1nc(NCc2cccs2)c2cn[nH]c2n1. The fourth-order valence-electron chi connectivity index (χ4n) is 1.67. The van der Waals surface area contributed by atoms with E-state index >= 15 is 0 Å². The molecular weight excluding hydrogens is 248 g/mol. The van der Waals surface area contributed by atoms with Gasteiger partial charge in [0.1, 0.15) is 5.82 Å². The van der Waals surface area contributed by atoms with Gasteiger partial charge in [0.2, 0.25) is 5.95 Å². The van der Waals surface area contributed by atoms with E-state index in [0.717, 1.165) is 23.4 Å². The van der Waals surface area contributed by atoms with Crippen molar-refractivity contribution in [2.75, 3.05) is 17.7 Å². The highest BCUT2D eigenvalue weighted by Crippen LogP contribution is 2.21. The lowest BCUT2D eigenvalue weighted by molar-refractivity contribution is 1.08. The zero-order valence-corrected chi connectivity index (χ0v) is 10.6. The van der Waals surface area contributed by atoms with Crippen LogP contribution in [0, 0.1) is 0 Å². The Bertz CT molecular complexity index is 645. The van der Waals surface area contributed by atoms with E-state index in [4.69, 9.17) is 0 Å². The molecule has 0 bridgehead atoms. The summed E-state index contributed by atoms with van der Waals surface area (Å²) in [5, 5.41) is 16.0. The Hall–Kier alpha value is -2.15. The van der Waals surface area contributed by atoms with Crippen LogP contribution >= 0.6 is 11.3 Å². The molecule has 3 aromatic rings. The third-order valence-corrected chi connectivity index (χ3v) is 3.42. The van der Waals surface area contributed by atoms with E-state index < -0.39 is 0 Å². The summed E-state index contributed by atoms with van der Waals surface area (Å²) in [5.74, 6) is 1.35. The number of H-pyrrole nitrogens is 1. The topological polar surface area (TPSA) is 78.5 Å². The molecule has 0 saturated carbocycles. The van der Waals surface area contributed by atoms with Crippen molar-refractivity contribution in [2.24, 2.45) is 0 Å². The van der Waals surface area contributed by atoms with Crippen LogP contribution in [0.3, 0.4) is 0 Å². The molecule has 3 N–H and O–H groups in total. The number of rotatable bonds is 4. The van der Waals surface area contributed by atoms with Crippen molar-refractivity contribution in [3.63, 3.8) is 0 Å². The molecule has 0 amide bonds. The first-order valence-corrected chi connectivity index (χ1v) is 6.40. The van der Waals surface area contributed by atoms with E-state index in [1.54, 1.807) is 24.6 Å². The molecule has 0 spiro atoms. The first kappa shape index (κ1) is 11.0. The number of nitrogens with zero attached hydrogens (tertiary/aromatic N) is 3. The Kier molecular flexibility index (Phi) is 2.81. The molecule has 3 rings (SSSR count). The minimum absolute atomic E-state index is 0.570. The molecule has 0 aromatic carbocycles. The van der Waals surface area contributed by atoms with Gasteiger partial charge in [0, 0.05) is 11.9 Å². The highest BCUT2D eigenvalue weighted by Gasteiger charge is 2.08. The van der Waals surface area contributed by atoms with Crippen LogP contribution in [0.25, 0.3) is 11.0 Å². The van der Waals surface area contributed by atoms with Gasteiger partial charge in [-0.25, -0.2) is 0 Å². The van der Waals surface area contributed by atoms with Gasteiger partial charge in [0.05, 0.1) is 18.1 Å². The molecule has 0 aliphatic heterocycles. The predicted octanol–water partition coefficient (Wildman–Crippen LogP) is 2.07. The molecule has 6 nitrogen and oxygen atoms in total. The van der Waals surface area contributed by atoms with Crippen LogP contribution < -0.4 is 10.6 Å². The maximum Gasteiger partial charge on any atom is 0.226 e. The molecule has 0 aliphatic rings. The first-order valence-electron chi connectivity index (χ1n) is 5.52. The van der Waals surface area contributed by atoms with Crippen LogP contribution in [-0.2, 0) is 6.54 Å². The number of thiophene rings is 1. The number of aromatic nitrogens is 4. The van der Waals surface area contributed by atoms with Crippen molar-refractivity contribution >= 4 is 34.1 Å². The van der Waals surface area contributed by atoms with E-state index in [1.165, 1.54) is 4.88 Å². The Morgan fingerprint density at radius 2 is 2.33 bits per heavy atom. The lowest BCUT2D eigenvalue weighted by atomic mass is 10.4. The molecule has 7 heteroatoms. The van der Waals surface area contributed by atoms with E-state index in [-0.39, 0.29) is 0 Å². The molecule has 0 atom stereocenters. The van der Waals surface area contributed by atoms with Crippen LogP contribution in [0.2, 0.25) is 0 Å². The number of nitrogens with one attached hydrogen (secondary N) is 3. The van der Waals surface area contributed by atoms with Crippen LogP contribution in [0.1, 0.15) is 4.88 Å². The monoisotopic (exact) mass is 260 g/mol. The van der Waals surface area contributed by atoms with E-state index in [1.807, 2.05) is 6.07 Å². The van der Waals surface area contributed by atoms with Crippen molar-refractivity contribution in [2.45, 2.75) is 6.54 Å². The molecular formula is C11H12N6S. The summed E-state index contributed by atoms with van der Waals surface area (Å²) in [6, 6.07) is 4.12. The summed E-state index contributed by atoms with van der Waals surface area (Å²) in [4.78, 5) is 9.94. The molecule has 3 heterocycles. The van der Waals surface area contributed by atoms with Crippen molar-refractivity contribution in [1.82, 2.24) is 20.2 Å². The second-order valence-electron chi connectivity index (χ2n) is 3.71. The van der Waals surface area contributed by atoms with Gasteiger partial charge in [0.25, 0.3) is 0 Å². The number of aromatic amines is 1. The molecule has 92 valence electrons. The molecule has 0 fully saturated rings. The molecule has 18 heavy (non-hydrogen) atoms. The Labute approximate surface area is 107 Å². The normalized spacial score (nSPS) is 10.7. The van der Waals surface area contributed by atoms with Gasteiger partial charge < -0.3 is 10.6 Å². The van der Waals surface area contributed by atoms with Crippen LogP contribution in [-0.4, -0.2) is 27.2 Å². The zero-order chi connectivity index (χ0) is 12.4. The zero-order valence-electron chi connectivity index (χ0n) is 9.77. The largest absolute Gasteiger partial charge is 0.364 e. The summed E-state index contributed by atoms with van der Waals surface area (Å²) >= 11 is 1.71. The molecule has 0 radical (unpaired) electrons. The molecule has 0 aliphatic carbocycles. The third kappa shape index (κ3) is 2.00. The quantitative estimate of drug-likeness (QED) is 0.669. The maximum atomic E-state index is 4.40. The van der Waals surface area contributed by atoms with Gasteiger partial charge in [-0.1, -0.05) is 6.07 Å². The number of hydrogen-bond acceptors (Lipinski definition) is 6. The van der Waals surface area contributed by atoms with Gasteiger partial charge in [-0.2, -0.15) is 15.1 Å². The minimum atomic E-state index is 0.570. The molecule has 3 aromatic heterocycles. The van der Waals surface area contributed by atoms with Crippen molar-refractivity contribution in [3.8, 4) is 0 Å². The van der Waals surface area contributed by atoms with Crippen LogP contribution in [0.15, 0.2) is 23.7 Å². The van der Waals surface area contributed by atoms with Gasteiger partial charge >= 0.3 is 0 Å². The third-order valence-electron chi connectivity index (χ3n) is 2.54. The maximum absolute atomic E-state index is 4.40. The van der Waals surface area contributed by atoms with E-state index in [9.17, 15) is 0 Å². The number of fused-ring (bicyclic) bond motifs is 1. The first-order chi connectivity index (χ1) is 8.86. The number of anilines is 2. The lowest BCUT2D eigenvalue weighted by Gasteiger charge is -2.06. The van der Waals surface area contributed by atoms with Crippen molar-refractivity contribution < 1.29 is 0 Å². The fourth-order valence-corrected chi connectivity index (χ4v) is 2.31. The standard InChI is InChI=1S/C11H12N6S/c1-12-11-15-9(8-6-14-17-10(8)16-11)13-5-7-3-2-4-18-7/h2-4,6H,5H2,1H3,(H3,12,13,14,15,16,17). The Balaban J connectivity index is 1.92. The van der Waals surface area contributed by atoms with Crippen LogP contribution in [0.4, 0.5) is 11.8 Å². The summed E-state index contributed by atoms with van der Waals surface area (Å²) in [6.45, 7) is 0.748. The summed E-state index contributed by atoms with van der Waals surface area (Å²) in [5.41, 5.74) is 0.725. The van der Waals surface area contributed by atoms with Crippen LogP contribution in [0.5, 0.6) is 0 Å². The summed E-state index contributed by atoms with van der Waals surface area (Å²) in [7, 11) is 1.79. The molecule has 0 saturated heterocycles. The van der Waals surface area contributed by atoms with E-state index in [0.29, 0.717) is 5.95 Å². The van der Waals surface area contributed by atoms with Gasteiger partial charge in [-0.15, -0.1) is 11.3 Å². The van der Waals surface area contributed by atoms with Gasteiger partial charge in [-0.05, 0) is 11.4 Å². The average Bonchev–Trinajstić information content (AvgIpc) is 3.06. The fraction of sp³-hybridized carbons (Fsp3) is 0.182.